The molecule has 4 heteroatoms. The first-order valence-electron chi connectivity index (χ1n) is 6.01. The lowest BCUT2D eigenvalue weighted by atomic mass is 10.0. The van der Waals surface area contributed by atoms with Crippen molar-refractivity contribution >= 4 is 34.2 Å². The van der Waals surface area contributed by atoms with Crippen molar-refractivity contribution in [2.24, 2.45) is 5.73 Å². The molecule has 0 radical (unpaired) electrons. The zero-order valence-corrected chi connectivity index (χ0v) is 12.5. The second kappa shape index (κ2) is 6.68. The van der Waals surface area contributed by atoms with Gasteiger partial charge in [0.1, 0.15) is 0 Å². The molecule has 0 fully saturated rings. The Kier molecular flexibility index (Phi) is 4.93. The third-order valence-electron chi connectivity index (χ3n) is 2.78. The summed E-state index contributed by atoms with van der Waals surface area (Å²) >= 11 is 2.19. The summed E-state index contributed by atoms with van der Waals surface area (Å²) in [5.74, 6) is -0.0690. The van der Waals surface area contributed by atoms with Gasteiger partial charge >= 0.3 is 0 Å². The number of hydrogen-bond donors (Lipinski definition) is 2. The highest BCUT2D eigenvalue weighted by atomic mass is 127. The lowest BCUT2D eigenvalue weighted by molar-refractivity contribution is -0.116. The molecule has 0 aliphatic carbocycles. The van der Waals surface area contributed by atoms with E-state index in [1.165, 1.54) is 0 Å². The Hall–Kier alpha value is -1.40. The number of anilines is 1. The maximum atomic E-state index is 12.0. The number of carbonyl (C=O) groups is 1. The molecule has 2 aromatic carbocycles. The van der Waals surface area contributed by atoms with Crippen LogP contribution in [0.4, 0.5) is 5.69 Å². The third-order valence-corrected chi connectivity index (χ3v) is 3.72. The molecule has 0 aliphatic heterocycles. The van der Waals surface area contributed by atoms with E-state index in [0.29, 0.717) is 0 Å². The monoisotopic (exact) mass is 366 g/mol. The van der Waals surface area contributed by atoms with E-state index in [9.17, 15) is 4.79 Å². The Labute approximate surface area is 126 Å². The summed E-state index contributed by atoms with van der Waals surface area (Å²) in [5.41, 5.74) is 7.82. The molecule has 0 aromatic heterocycles. The van der Waals surface area contributed by atoms with Crippen LogP contribution in [0.5, 0.6) is 0 Å². The van der Waals surface area contributed by atoms with Gasteiger partial charge in [0.2, 0.25) is 5.91 Å². The van der Waals surface area contributed by atoms with Crippen molar-refractivity contribution in [3.05, 3.63) is 63.7 Å². The average molecular weight is 366 g/mol. The van der Waals surface area contributed by atoms with Crippen molar-refractivity contribution in [1.29, 1.82) is 0 Å². The third kappa shape index (κ3) is 4.04. The molecule has 1 unspecified atom stereocenters. The predicted octanol–water partition coefficient (Wildman–Crippen LogP) is 3.32. The molecule has 0 spiro atoms. The number of para-hydroxylation sites is 1. The van der Waals surface area contributed by atoms with Gasteiger partial charge in [0, 0.05) is 16.0 Å². The highest BCUT2D eigenvalue weighted by molar-refractivity contribution is 14.1. The molecule has 0 saturated heterocycles. The lowest BCUT2D eigenvalue weighted by Crippen LogP contribution is -2.20. The first-order chi connectivity index (χ1) is 9.16. The van der Waals surface area contributed by atoms with Crippen LogP contribution in [-0.2, 0) is 4.79 Å². The molecule has 1 amide bonds. The first-order valence-corrected chi connectivity index (χ1v) is 7.09. The topological polar surface area (TPSA) is 55.1 Å². The molecule has 0 aliphatic rings. The van der Waals surface area contributed by atoms with Crippen LogP contribution in [0.15, 0.2) is 54.6 Å². The van der Waals surface area contributed by atoms with Gasteiger partial charge in [-0.1, -0.05) is 42.5 Å². The predicted molar refractivity (Wildman–Crippen MR) is 85.8 cm³/mol. The van der Waals surface area contributed by atoms with Crippen LogP contribution in [0.25, 0.3) is 0 Å². The van der Waals surface area contributed by atoms with Gasteiger partial charge in [0.15, 0.2) is 0 Å². The SMILES string of the molecule is NC(CC(=O)Nc1ccccc1I)c1ccccc1. The largest absolute Gasteiger partial charge is 0.325 e. The van der Waals surface area contributed by atoms with Gasteiger partial charge in [-0.25, -0.2) is 0 Å². The first kappa shape index (κ1) is 14.0. The molecule has 2 aromatic rings. The molecule has 0 bridgehead atoms. The number of halogens is 1. The van der Waals surface area contributed by atoms with Gasteiger partial charge in [0.05, 0.1) is 5.69 Å². The van der Waals surface area contributed by atoms with Crippen LogP contribution in [0.2, 0.25) is 0 Å². The average Bonchev–Trinajstić information content (AvgIpc) is 2.42. The molecule has 19 heavy (non-hydrogen) atoms. The Bertz CT molecular complexity index is 557. The van der Waals surface area contributed by atoms with Crippen molar-refractivity contribution in [3.8, 4) is 0 Å². The van der Waals surface area contributed by atoms with Crippen LogP contribution in [0.3, 0.4) is 0 Å². The van der Waals surface area contributed by atoms with Crippen LogP contribution in [-0.4, -0.2) is 5.91 Å². The highest BCUT2D eigenvalue weighted by Gasteiger charge is 2.12. The number of hydrogen-bond acceptors (Lipinski definition) is 2. The zero-order valence-electron chi connectivity index (χ0n) is 10.3. The number of rotatable bonds is 4. The van der Waals surface area contributed by atoms with Gasteiger partial charge in [-0.15, -0.1) is 0 Å². The summed E-state index contributed by atoms with van der Waals surface area (Å²) in [6.45, 7) is 0. The molecular formula is C15H15IN2O. The molecule has 2 rings (SSSR count). The number of carbonyl (C=O) groups excluding carboxylic acids is 1. The summed E-state index contributed by atoms with van der Waals surface area (Å²) in [5, 5.41) is 2.88. The quantitative estimate of drug-likeness (QED) is 0.816. The Morgan fingerprint density at radius 1 is 1.11 bits per heavy atom. The smallest absolute Gasteiger partial charge is 0.226 e. The lowest BCUT2D eigenvalue weighted by Gasteiger charge is -2.12. The van der Waals surface area contributed by atoms with E-state index in [0.717, 1.165) is 14.8 Å². The molecule has 3 nitrogen and oxygen atoms in total. The van der Waals surface area contributed by atoms with Crippen molar-refractivity contribution in [2.75, 3.05) is 5.32 Å². The zero-order chi connectivity index (χ0) is 13.7. The summed E-state index contributed by atoms with van der Waals surface area (Å²) in [6, 6.07) is 17.0. The number of benzene rings is 2. The summed E-state index contributed by atoms with van der Waals surface area (Å²) < 4.78 is 1.02. The normalized spacial score (nSPS) is 11.9. The minimum absolute atomic E-state index is 0.0690. The summed E-state index contributed by atoms with van der Waals surface area (Å²) in [7, 11) is 0. The molecular weight excluding hydrogens is 351 g/mol. The molecule has 98 valence electrons. The minimum atomic E-state index is -0.275. The maximum Gasteiger partial charge on any atom is 0.226 e. The fraction of sp³-hybridized carbons (Fsp3) is 0.133. The van der Waals surface area contributed by atoms with Crippen molar-refractivity contribution in [2.45, 2.75) is 12.5 Å². The fourth-order valence-corrected chi connectivity index (χ4v) is 2.30. The van der Waals surface area contributed by atoms with E-state index < -0.39 is 0 Å². The molecule has 1 atom stereocenters. The van der Waals surface area contributed by atoms with E-state index in [1.54, 1.807) is 0 Å². The molecule has 3 N–H and O–H groups in total. The Morgan fingerprint density at radius 3 is 2.42 bits per heavy atom. The number of amides is 1. The number of nitrogens with two attached hydrogens (primary N) is 1. The van der Waals surface area contributed by atoms with E-state index in [4.69, 9.17) is 5.73 Å². The van der Waals surface area contributed by atoms with Gasteiger partial charge in [-0.2, -0.15) is 0 Å². The Balaban J connectivity index is 1.97. The van der Waals surface area contributed by atoms with Gasteiger partial charge in [-0.05, 0) is 40.3 Å². The van der Waals surface area contributed by atoms with Gasteiger partial charge < -0.3 is 11.1 Å². The van der Waals surface area contributed by atoms with E-state index in [1.807, 2.05) is 54.6 Å². The number of nitrogens with one attached hydrogen (secondary N) is 1. The van der Waals surface area contributed by atoms with E-state index in [-0.39, 0.29) is 18.4 Å². The van der Waals surface area contributed by atoms with Gasteiger partial charge in [0.25, 0.3) is 0 Å². The van der Waals surface area contributed by atoms with Crippen molar-refractivity contribution < 1.29 is 4.79 Å². The summed E-state index contributed by atoms with van der Waals surface area (Å²) in [6.07, 6.45) is 0.273. The van der Waals surface area contributed by atoms with Crippen LogP contribution >= 0.6 is 22.6 Å². The van der Waals surface area contributed by atoms with Crippen molar-refractivity contribution in [3.63, 3.8) is 0 Å². The van der Waals surface area contributed by atoms with Gasteiger partial charge in [-0.3, -0.25) is 4.79 Å². The van der Waals surface area contributed by atoms with E-state index in [2.05, 4.69) is 27.9 Å². The standard InChI is InChI=1S/C15H15IN2O/c16-12-8-4-5-9-14(12)18-15(19)10-13(17)11-6-2-1-3-7-11/h1-9,13H,10,17H2,(H,18,19). The minimum Gasteiger partial charge on any atom is -0.325 e. The fourth-order valence-electron chi connectivity index (χ4n) is 1.78. The van der Waals surface area contributed by atoms with Crippen molar-refractivity contribution in [1.82, 2.24) is 0 Å². The van der Waals surface area contributed by atoms with Crippen LogP contribution in [0, 0.1) is 3.57 Å². The molecule has 0 saturated carbocycles. The second-order valence-electron chi connectivity index (χ2n) is 4.25. The second-order valence-corrected chi connectivity index (χ2v) is 5.41. The van der Waals surface area contributed by atoms with E-state index >= 15 is 0 Å². The van der Waals surface area contributed by atoms with Crippen LogP contribution < -0.4 is 11.1 Å². The van der Waals surface area contributed by atoms with Crippen LogP contribution in [0.1, 0.15) is 18.0 Å². The summed E-state index contributed by atoms with van der Waals surface area (Å²) in [4.78, 5) is 12.0. The molecule has 0 heterocycles. The highest BCUT2D eigenvalue weighted by Crippen LogP contribution is 2.19. The maximum absolute atomic E-state index is 12.0. The Morgan fingerprint density at radius 2 is 1.74 bits per heavy atom.